The van der Waals surface area contributed by atoms with Gasteiger partial charge in [-0.05, 0) is 54.8 Å². The summed E-state index contributed by atoms with van der Waals surface area (Å²) in [5, 5.41) is 2.98. The number of halogens is 1. The monoisotopic (exact) mass is 450 g/mol. The molecule has 0 saturated carbocycles. The Labute approximate surface area is 183 Å². The fourth-order valence-electron chi connectivity index (χ4n) is 2.74. The van der Waals surface area contributed by atoms with Crippen molar-refractivity contribution in [2.75, 3.05) is 24.5 Å². The lowest BCUT2D eigenvalue weighted by Gasteiger charge is -2.23. The van der Waals surface area contributed by atoms with Crippen LogP contribution in [0.3, 0.4) is 0 Å². The molecule has 0 spiro atoms. The molecule has 162 valence electrons. The fraction of sp³-hybridized carbons (Fsp3) is 0.318. The van der Waals surface area contributed by atoms with E-state index in [1.165, 1.54) is 35.7 Å². The molecule has 0 aliphatic heterocycles. The topological polar surface area (TPSA) is 75.7 Å². The zero-order valence-electron chi connectivity index (χ0n) is 17.4. The highest BCUT2D eigenvalue weighted by molar-refractivity contribution is 7.92. The van der Waals surface area contributed by atoms with Crippen molar-refractivity contribution in [3.63, 3.8) is 0 Å². The molecule has 1 amide bonds. The van der Waals surface area contributed by atoms with Crippen LogP contribution >= 0.6 is 11.6 Å². The number of amides is 1. The molecule has 2 aromatic carbocycles. The second kappa shape index (κ2) is 10.5. The Morgan fingerprint density at radius 1 is 1.23 bits per heavy atom. The molecule has 6 nitrogen and oxygen atoms in total. The van der Waals surface area contributed by atoms with Crippen molar-refractivity contribution in [3.8, 4) is 5.75 Å². The Bertz CT molecular complexity index is 989. The summed E-state index contributed by atoms with van der Waals surface area (Å²) in [4.78, 5) is 12.5. The van der Waals surface area contributed by atoms with Gasteiger partial charge in [0.1, 0.15) is 5.75 Å². The molecule has 0 unspecified atom stereocenters. The Balaban J connectivity index is 2.38. The average Bonchev–Trinajstić information content (AvgIpc) is 2.71. The first-order chi connectivity index (χ1) is 14.2. The predicted molar refractivity (Wildman–Crippen MR) is 121 cm³/mol. The maximum atomic E-state index is 13.3. The van der Waals surface area contributed by atoms with E-state index in [9.17, 15) is 13.2 Å². The molecule has 0 radical (unpaired) electrons. The molecule has 0 aromatic heterocycles. The van der Waals surface area contributed by atoms with Crippen molar-refractivity contribution in [1.29, 1.82) is 0 Å². The standard InChI is InChI=1S/C22H27ClN2O4S/c1-5-14-25(17-6-8-18(29-4)9-7-17)30(27,28)19-10-11-21(23)20(15-19)22(26)24-13-12-16(2)3/h5-11,15-16H,1,12-14H2,2-4H3,(H,24,26). The molecule has 2 aromatic rings. The highest BCUT2D eigenvalue weighted by atomic mass is 35.5. The molecule has 0 heterocycles. The molecule has 30 heavy (non-hydrogen) atoms. The van der Waals surface area contributed by atoms with Crippen molar-refractivity contribution in [2.45, 2.75) is 25.2 Å². The van der Waals surface area contributed by atoms with Crippen LogP contribution in [0, 0.1) is 5.92 Å². The lowest BCUT2D eigenvalue weighted by atomic mass is 10.1. The van der Waals surface area contributed by atoms with Gasteiger partial charge in [-0.2, -0.15) is 0 Å². The van der Waals surface area contributed by atoms with Gasteiger partial charge in [0.15, 0.2) is 0 Å². The first-order valence-corrected chi connectivity index (χ1v) is 11.4. The van der Waals surface area contributed by atoms with Crippen LogP contribution in [0.1, 0.15) is 30.6 Å². The maximum Gasteiger partial charge on any atom is 0.264 e. The zero-order chi connectivity index (χ0) is 22.3. The molecule has 0 atom stereocenters. The van der Waals surface area contributed by atoms with E-state index in [0.29, 0.717) is 23.9 Å². The van der Waals surface area contributed by atoms with Gasteiger partial charge in [-0.1, -0.05) is 31.5 Å². The van der Waals surface area contributed by atoms with Crippen LogP contribution in [0.5, 0.6) is 5.75 Å². The molecule has 1 N–H and O–H groups in total. The molecule has 0 saturated heterocycles. The summed E-state index contributed by atoms with van der Waals surface area (Å²) in [6, 6.07) is 10.8. The SMILES string of the molecule is C=CCN(c1ccc(OC)cc1)S(=O)(=O)c1ccc(Cl)c(C(=O)NCCC(C)C)c1. The first kappa shape index (κ1) is 23.8. The van der Waals surface area contributed by atoms with Gasteiger partial charge in [0.2, 0.25) is 0 Å². The molecular formula is C22H27ClN2O4S. The van der Waals surface area contributed by atoms with Gasteiger partial charge < -0.3 is 10.1 Å². The normalized spacial score (nSPS) is 11.2. The van der Waals surface area contributed by atoms with E-state index in [0.717, 1.165) is 6.42 Å². The molecule has 0 bridgehead atoms. The summed E-state index contributed by atoms with van der Waals surface area (Å²) in [6.07, 6.45) is 2.31. The molecule has 0 fully saturated rings. The van der Waals surface area contributed by atoms with Crippen LogP contribution in [0.2, 0.25) is 5.02 Å². The molecule has 0 aliphatic rings. The zero-order valence-corrected chi connectivity index (χ0v) is 19.0. The Hall–Kier alpha value is -2.51. The third-order valence-electron chi connectivity index (χ3n) is 4.43. The average molecular weight is 451 g/mol. The summed E-state index contributed by atoms with van der Waals surface area (Å²) >= 11 is 6.17. The third-order valence-corrected chi connectivity index (χ3v) is 6.55. The largest absolute Gasteiger partial charge is 0.497 e. The third kappa shape index (κ3) is 5.77. The minimum absolute atomic E-state index is 0.0291. The lowest BCUT2D eigenvalue weighted by molar-refractivity contribution is 0.0952. The highest BCUT2D eigenvalue weighted by Gasteiger charge is 2.26. The van der Waals surface area contributed by atoms with Gasteiger partial charge in [0, 0.05) is 6.54 Å². The number of nitrogens with one attached hydrogen (secondary N) is 1. The first-order valence-electron chi connectivity index (χ1n) is 9.56. The fourth-order valence-corrected chi connectivity index (χ4v) is 4.41. The Kier molecular flexibility index (Phi) is 8.32. The summed E-state index contributed by atoms with van der Waals surface area (Å²) in [6.45, 7) is 8.32. The van der Waals surface area contributed by atoms with Crippen LogP contribution in [0.25, 0.3) is 0 Å². The van der Waals surface area contributed by atoms with Gasteiger partial charge in [-0.25, -0.2) is 8.42 Å². The van der Waals surface area contributed by atoms with Crippen LogP contribution in [-0.4, -0.2) is 34.5 Å². The number of hydrogen-bond donors (Lipinski definition) is 1. The van der Waals surface area contributed by atoms with E-state index in [4.69, 9.17) is 16.3 Å². The quantitative estimate of drug-likeness (QED) is 0.540. The van der Waals surface area contributed by atoms with Gasteiger partial charge in [-0.3, -0.25) is 9.10 Å². The van der Waals surface area contributed by atoms with Gasteiger partial charge in [0.25, 0.3) is 15.9 Å². The number of sulfonamides is 1. The second-order valence-electron chi connectivity index (χ2n) is 7.10. The molecule has 0 aliphatic carbocycles. The summed E-state index contributed by atoms with van der Waals surface area (Å²) in [5.41, 5.74) is 0.573. The van der Waals surface area contributed by atoms with Crippen molar-refractivity contribution in [2.24, 2.45) is 5.92 Å². The summed E-state index contributed by atoms with van der Waals surface area (Å²) < 4.78 is 33.0. The minimum Gasteiger partial charge on any atom is -0.497 e. The van der Waals surface area contributed by atoms with E-state index in [-0.39, 0.29) is 22.0 Å². The maximum absolute atomic E-state index is 13.3. The van der Waals surface area contributed by atoms with Gasteiger partial charge in [-0.15, -0.1) is 6.58 Å². The number of carbonyl (C=O) groups is 1. The number of hydrogen-bond acceptors (Lipinski definition) is 4. The second-order valence-corrected chi connectivity index (χ2v) is 9.37. The predicted octanol–water partition coefficient (Wildman–Crippen LogP) is 4.51. The van der Waals surface area contributed by atoms with Crippen LogP contribution in [0.15, 0.2) is 60.0 Å². The van der Waals surface area contributed by atoms with Crippen LogP contribution in [0.4, 0.5) is 5.69 Å². The Morgan fingerprint density at radius 2 is 1.90 bits per heavy atom. The summed E-state index contributed by atoms with van der Waals surface area (Å²) in [5.74, 6) is 0.642. The van der Waals surface area contributed by atoms with Crippen LogP contribution in [-0.2, 0) is 10.0 Å². The lowest BCUT2D eigenvalue weighted by Crippen LogP contribution is -2.31. The molecule has 2 rings (SSSR count). The smallest absolute Gasteiger partial charge is 0.264 e. The van der Waals surface area contributed by atoms with Crippen molar-refractivity contribution in [3.05, 3.63) is 65.7 Å². The molecule has 8 heteroatoms. The number of ether oxygens (including phenoxy) is 1. The van der Waals surface area contributed by atoms with Crippen LogP contribution < -0.4 is 14.4 Å². The van der Waals surface area contributed by atoms with Crippen molar-refractivity contribution >= 4 is 33.2 Å². The Morgan fingerprint density at radius 3 is 2.47 bits per heavy atom. The van der Waals surface area contributed by atoms with E-state index in [1.54, 1.807) is 24.3 Å². The van der Waals surface area contributed by atoms with Gasteiger partial charge in [0.05, 0.1) is 34.8 Å². The number of anilines is 1. The number of benzene rings is 2. The number of methoxy groups -OCH3 is 1. The number of nitrogens with zero attached hydrogens (tertiary/aromatic N) is 1. The van der Waals surface area contributed by atoms with E-state index in [1.807, 2.05) is 0 Å². The van der Waals surface area contributed by atoms with E-state index < -0.39 is 15.9 Å². The van der Waals surface area contributed by atoms with Crippen molar-refractivity contribution < 1.29 is 17.9 Å². The van der Waals surface area contributed by atoms with Crippen molar-refractivity contribution in [1.82, 2.24) is 5.32 Å². The summed E-state index contributed by atoms with van der Waals surface area (Å²) in [7, 11) is -2.42. The van der Waals surface area contributed by atoms with Gasteiger partial charge >= 0.3 is 0 Å². The van der Waals surface area contributed by atoms with E-state index in [2.05, 4.69) is 25.7 Å². The minimum atomic E-state index is -3.96. The molecular weight excluding hydrogens is 424 g/mol. The number of carbonyl (C=O) groups excluding carboxylic acids is 1. The highest BCUT2D eigenvalue weighted by Crippen LogP contribution is 2.28. The van der Waals surface area contributed by atoms with E-state index >= 15 is 0 Å². The number of rotatable bonds is 10.